The van der Waals surface area contributed by atoms with Gasteiger partial charge in [-0.25, -0.2) is 4.99 Å². The van der Waals surface area contributed by atoms with Gasteiger partial charge in [-0.1, -0.05) is 13.0 Å². The van der Waals surface area contributed by atoms with Crippen LogP contribution in [0.3, 0.4) is 0 Å². The van der Waals surface area contributed by atoms with Crippen molar-refractivity contribution in [2.45, 2.75) is 32.8 Å². The highest BCUT2D eigenvalue weighted by Gasteiger charge is 2.17. The minimum atomic E-state index is -0.0330. The van der Waals surface area contributed by atoms with Crippen LogP contribution in [0.1, 0.15) is 26.7 Å². The summed E-state index contributed by atoms with van der Waals surface area (Å²) < 4.78 is 11.0. The predicted molar refractivity (Wildman–Crippen MR) is 89.5 cm³/mol. The van der Waals surface area contributed by atoms with Gasteiger partial charge in [-0.3, -0.25) is 0 Å². The van der Waals surface area contributed by atoms with Gasteiger partial charge in [-0.05, 0) is 37.8 Å². The Morgan fingerprint density at radius 3 is 2.73 bits per heavy atom. The van der Waals surface area contributed by atoms with Crippen molar-refractivity contribution in [1.29, 1.82) is 0 Å². The van der Waals surface area contributed by atoms with E-state index in [1.54, 1.807) is 7.11 Å². The molecule has 1 aromatic rings. The van der Waals surface area contributed by atoms with Gasteiger partial charge in [0.05, 0.1) is 13.7 Å². The van der Waals surface area contributed by atoms with E-state index in [1.807, 2.05) is 31.2 Å². The maximum absolute atomic E-state index is 6.08. The number of methoxy groups -OCH3 is 1. The van der Waals surface area contributed by atoms with Crippen molar-refractivity contribution < 1.29 is 9.47 Å². The molecule has 0 saturated carbocycles. The predicted octanol–water partition coefficient (Wildman–Crippen LogP) is 2.51. The lowest BCUT2D eigenvalue weighted by molar-refractivity contribution is 0.227. The number of hydrogen-bond donors (Lipinski definition) is 1. The second-order valence-electron chi connectivity index (χ2n) is 5.98. The van der Waals surface area contributed by atoms with Crippen LogP contribution in [0.15, 0.2) is 29.3 Å². The number of rotatable bonds is 5. The molecule has 1 aliphatic rings. The number of nitrogens with zero attached hydrogens (tertiary/aromatic N) is 2. The highest BCUT2D eigenvalue weighted by atomic mass is 16.5. The van der Waals surface area contributed by atoms with Crippen molar-refractivity contribution in [3.63, 3.8) is 0 Å². The maximum atomic E-state index is 6.08. The first-order valence-electron chi connectivity index (χ1n) is 7.94. The van der Waals surface area contributed by atoms with Crippen LogP contribution < -0.4 is 15.2 Å². The van der Waals surface area contributed by atoms with E-state index in [2.05, 4.69) is 16.8 Å². The van der Waals surface area contributed by atoms with Gasteiger partial charge in [0, 0.05) is 19.2 Å². The standard InChI is InChI=1S/C17H27N3O2/c1-13-7-9-20(10-8-13)17(18)19-12-14(2)22-16-6-4-5-15(11-16)21-3/h4-6,11,13-14H,7-10,12H2,1-3H3,(H2,18,19). The summed E-state index contributed by atoms with van der Waals surface area (Å²) in [7, 11) is 1.65. The average molecular weight is 305 g/mol. The van der Waals surface area contributed by atoms with Gasteiger partial charge in [-0.2, -0.15) is 0 Å². The number of aliphatic imine (C=N–C) groups is 1. The fraction of sp³-hybridized carbons (Fsp3) is 0.588. The molecule has 1 aliphatic heterocycles. The Morgan fingerprint density at radius 1 is 1.36 bits per heavy atom. The molecule has 1 aromatic carbocycles. The first-order chi connectivity index (χ1) is 10.6. The lowest BCUT2D eigenvalue weighted by atomic mass is 10.00. The molecule has 1 unspecified atom stereocenters. The molecule has 0 aliphatic carbocycles. The molecule has 0 radical (unpaired) electrons. The molecule has 0 bridgehead atoms. The highest BCUT2D eigenvalue weighted by molar-refractivity contribution is 5.78. The third-order valence-corrected chi connectivity index (χ3v) is 4.00. The molecule has 0 aromatic heterocycles. The van der Waals surface area contributed by atoms with Crippen molar-refractivity contribution in [2.75, 3.05) is 26.7 Å². The van der Waals surface area contributed by atoms with E-state index in [4.69, 9.17) is 15.2 Å². The van der Waals surface area contributed by atoms with Crippen LogP contribution in [0.4, 0.5) is 0 Å². The van der Waals surface area contributed by atoms with Crippen molar-refractivity contribution >= 4 is 5.96 Å². The zero-order chi connectivity index (χ0) is 15.9. The highest BCUT2D eigenvalue weighted by Crippen LogP contribution is 2.20. The molecule has 22 heavy (non-hydrogen) atoms. The molecule has 122 valence electrons. The number of likely N-dealkylation sites (tertiary alicyclic amines) is 1. The summed E-state index contributed by atoms with van der Waals surface area (Å²) in [5, 5.41) is 0. The normalized spacial score (nSPS) is 18.1. The van der Waals surface area contributed by atoms with Gasteiger partial charge in [0.15, 0.2) is 5.96 Å². The molecule has 2 N–H and O–H groups in total. The van der Waals surface area contributed by atoms with Gasteiger partial charge in [-0.15, -0.1) is 0 Å². The molecule has 0 amide bonds. The molecule has 5 nitrogen and oxygen atoms in total. The van der Waals surface area contributed by atoms with Crippen LogP contribution >= 0.6 is 0 Å². The van der Waals surface area contributed by atoms with Crippen molar-refractivity contribution in [3.05, 3.63) is 24.3 Å². The van der Waals surface area contributed by atoms with Gasteiger partial charge >= 0.3 is 0 Å². The van der Waals surface area contributed by atoms with Gasteiger partial charge in [0.25, 0.3) is 0 Å². The second-order valence-corrected chi connectivity index (χ2v) is 5.98. The smallest absolute Gasteiger partial charge is 0.191 e. The van der Waals surface area contributed by atoms with Crippen molar-refractivity contribution in [1.82, 2.24) is 4.90 Å². The molecular formula is C17H27N3O2. The van der Waals surface area contributed by atoms with E-state index < -0.39 is 0 Å². The molecule has 1 saturated heterocycles. The van der Waals surface area contributed by atoms with Crippen LogP contribution in [0.25, 0.3) is 0 Å². The Morgan fingerprint density at radius 2 is 2.05 bits per heavy atom. The number of piperidine rings is 1. The van der Waals surface area contributed by atoms with E-state index >= 15 is 0 Å². The van der Waals surface area contributed by atoms with Gasteiger partial charge < -0.3 is 20.1 Å². The molecule has 1 fully saturated rings. The monoisotopic (exact) mass is 305 g/mol. The third kappa shape index (κ3) is 4.83. The summed E-state index contributed by atoms with van der Waals surface area (Å²) in [5.74, 6) is 3.00. The van der Waals surface area contributed by atoms with Gasteiger partial charge in [0.2, 0.25) is 0 Å². The lowest BCUT2D eigenvalue weighted by Gasteiger charge is -2.31. The Bertz CT molecular complexity index is 496. The van der Waals surface area contributed by atoms with E-state index in [0.717, 1.165) is 30.5 Å². The van der Waals surface area contributed by atoms with E-state index in [1.165, 1.54) is 12.8 Å². The first-order valence-corrected chi connectivity index (χ1v) is 7.94. The average Bonchev–Trinajstić information content (AvgIpc) is 2.53. The second kappa shape index (κ2) is 7.92. The number of hydrogen-bond acceptors (Lipinski definition) is 3. The zero-order valence-electron chi connectivity index (χ0n) is 13.8. The first kappa shape index (κ1) is 16.5. The Kier molecular flexibility index (Phi) is 5.92. The number of nitrogens with two attached hydrogens (primary N) is 1. The summed E-state index contributed by atoms with van der Waals surface area (Å²) in [6.45, 7) is 6.83. The van der Waals surface area contributed by atoms with E-state index in [9.17, 15) is 0 Å². The van der Waals surface area contributed by atoms with Crippen LogP contribution in [-0.4, -0.2) is 43.7 Å². The SMILES string of the molecule is COc1cccc(OC(C)CN=C(N)N2CCC(C)CC2)c1. The fourth-order valence-electron chi connectivity index (χ4n) is 2.50. The van der Waals surface area contributed by atoms with Gasteiger partial charge in [0.1, 0.15) is 17.6 Å². The number of guanidine groups is 1. The van der Waals surface area contributed by atoms with Crippen LogP contribution in [0, 0.1) is 5.92 Å². The zero-order valence-corrected chi connectivity index (χ0v) is 13.8. The summed E-state index contributed by atoms with van der Waals surface area (Å²) in [6.07, 6.45) is 2.34. The van der Waals surface area contributed by atoms with Crippen LogP contribution in [0.2, 0.25) is 0 Å². The largest absolute Gasteiger partial charge is 0.497 e. The lowest BCUT2D eigenvalue weighted by Crippen LogP contribution is -2.43. The minimum absolute atomic E-state index is 0.0330. The van der Waals surface area contributed by atoms with Crippen LogP contribution in [-0.2, 0) is 0 Å². The van der Waals surface area contributed by atoms with Crippen LogP contribution in [0.5, 0.6) is 11.5 Å². The molecular weight excluding hydrogens is 278 g/mol. The molecule has 1 atom stereocenters. The maximum Gasteiger partial charge on any atom is 0.191 e. The minimum Gasteiger partial charge on any atom is -0.497 e. The molecule has 1 heterocycles. The molecule has 5 heteroatoms. The quantitative estimate of drug-likeness (QED) is 0.671. The van der Waals surface area contributed by atoms with E-state index in [-0.39, 0.29) is 6.10 Å². The Balaban J connectivity index is 1.83. The fourth-order valence-corrected chi connectivity index (χ4v) is 2.50. The molecule has 2 rings (SSSR count). The van der Waals surface area contributed by atoms with Crippen molar-refractivity contribution in [2.24, 2.45) is 16.6 Å². The summed E-state index contributed by atoms with van der Waals surface area (Å²) >= 11 is 0. The Hall–Kier alpha value is -1.91. The number of ether oxygens (including phenoxy) is 2. The van der Waals surface area contributed by atoms with Crippen molar-refractivity contribution in [3.8, 4) is 11.5 Å². The number of benzene rings is 1. The summed E-state index contributed by atoms with van der Waals surface area (Å²) in [5.41, 5.74) is 6.08. The van der Waals surface area contributed by atoms with E-state index in [0.29, 0.717) is 12.5 Å². The molecule has 0 spiro atoms. The Labute approximate surface area is 133 Å². The topological polar surface area (TPSA) is 60.1 Å². The third-order valence-electron chi connectivity index (χ3n) is 4.00. The summed E-state index contributed by atoms with van der Waals surface area (Å²) in [6, 6.07) is 7.59. The summed E-state index contributed by atoms with van der Waals surface area (Å²) in [4.78, 5) is 6.64.